The van der Waals surface area contributed by atoms with E-state index in [9.17, 15) is 0 Å². The second-order valence-corrected chi connectivity index (χ2v) is 8.30. The van der Waals surface area contributed by atoms with E-state index in [1.165, 1.54) is 11.1 Å². The summed E-state index contributed by atoms with van der Waals surface area (Å²) in [4.78, 5) is 3.78. The third-order valence-electron chi connectivity index (χ3n) is 4.24. The van der Waals surface area contributed by atoms with Crippen molar-refractivity contribution in [2.24, 2.45) is 17.8 Å². The Hall–Kier alpha value is -1.46. The fourth-order valence-corrected chi connectivity index (χ4v) is 2.92. The first kappa shape index (κ1) is 38.8. The van der Waals surface area contributed by atoms with Gasteiger partial charge in [0.05, 0.1) is 0 Å². The molecule has 0 saturated heterocycles. The molecule has 1 aromatic rings. The first-order chi connectivity index (χ1) is 14.0. The van der Waals surface area contributed by atoms with Crippen molar-refractivity contribution in [2.45, 2.75) is 55.4 Å². The van der Waals surface area contributed by atoms with Crippen LogP contribution in [0.15, 0.2) is 77.2 Å². The van der Waals surface area contributed by atoms with E-state index in [2.05, 4.69) is 77.8 Å². The van der Waals surface area contributed by atoms with Gasteiger partial charge in [0.1, 0.15) is 0 Å². The molecule has 0 spiro atoms. The molecule has 2 N–H and O–H groups in total. The summed E-state index contributed by atoms with van der Waals surface area (Å²) >= 11 is 0. The summed E-state index contributed by atoms with van der Waals surface area (Å²) in [6.45, 7) is 20.0. The second-order valence-electron chi connectivity index (χ2n) is 8.30. The standard InChI is InChI=1S/2C9H13N.C5H5N.C4H9.2ClH.Co/c2*1-6-4-7(2)9(10)8(3)5-6;1-2-4-6-5-3-1;1-4(2)3;;;/h2*4-5,7,10H,1-3H3;1-5H;4H,1H2,2-3H3;2*1H;/q;;;-1;;;+3/p-2. The first-order valence-electron chi connectivity index (χ1n) is 10.5. The molecule has 1 aromatic heterocycles. The Labute approximate surface area is 225 Å². The van der Waals surface area contributed by atoms with Gasteiger partial charge in [-0.05, 0) is 51.0 Å². The van der Waals surface area contributed by atoms with Crippen LogP contribution in [0.2, 0.25) is 0 Å². The van der Waals surface area contributed by atoms with Gasteiger partial charge in [0.25, 0.3) is 0 Å². The quantitative estimate of drug-likeness (QED) is 0.487. The maximum atomic E-state index is 7.58. The molecule has 2 aliphatic rings. The number of allylic oxidation sites excluding steroid dienone is 8. The molecule has 3 nitrogen and oxygen atoms in total. The van der Waals surface area contributed by atoms with Gasteiger partial charge in [-0.15, -0.1) is 0 Å². The Morgan fingerprint density at radius 2 is 1.06 bits per heavy atom. The Morgan fingerprint density at radius 1 is 0.758 bits per heavy atom. The number of aromatic nitrogens is 1. The summed E-state index contributed by atoms with van der Waals surface area (Å²) in [5.74, 6) is 1.20. The van der Waals surface area contributed by atoms with Gasteiger partial charge in [0, 0.05) is 35.7 Å². The number of nitrogens with zero attached hydrogens (tertiary/aromatic N) is 1. The normalized spacial score (nSPS) is 18.2. The van der Waals surface area contributed by atoms with Crippen molar-refractivity contribution in [3.8, 4) is 0 Å². The molecule has 0 fully saturated rings. The van der Waals surface area contributed by atoms with Crippen LogP contribution in [-0.2, 0) is 16.8 Å². The van der Waals surface area contributed by atoms with Crippen molar-refractivity contribution in [1.82, 2.24) is 4.98 Å². The van der Waals surface area contributed by atoms with Gasteiger partial charge in [-0.3, -0.25) is 4.98 Å². The molecule has 33 heavy (non-hydrogen) atoms. The molecule has 3 rings (SSSR count). The van der Waals surface area contributed by atoms with Gasteiger partial charge in [0.15, 0.2) is 0 Å². The number of pyridine rings is 1. The molecule has 0 aliphatic heterocycles. The van der Waals surface area contributed by atoms with E-state index in [-0.39, 0.29) is 41.6 Å². The molecule has 0 saturated carbocycles. The Balaban J connectivity index is -0.000000173. The number of nitrogens with one attached hydrogen (secondary N) is 2. The zero-order valence-corrected chi connectivity index (χ0v) is 23.7. The van der Waals surface area contributed by atoms with Gasteiger partial charge in [-0.2, -0.15) is 5.92 Å². The van der Waals surface area contributed by atoms with Gasteiger partial charge in [0.2, 0.25) is 0 Å². The van der Waals surface area contributed by atoms with Crippen LogP contribution in [-0.4, -0.2) is 16.4 Å². The van der Waals surface area contributed by atoms with Gasteiger partial charge in [-0.1, -0.05) is 69.2 Å². The topological polar surface area (TPSA) is 60.6 Å². The predicted octanol–water partition coefficient (Wildman–Crippen LogP) is 1.66. The molecule has 1 heterocycles. The van der Waals surface area contributed by atoms with Crippen molar-refractivity contribution >= 4 is 11.4 Å². The van der Waals surface area contributed by atoms with Crippen molar-refractivity contribution in [2.75, 3.05) is 0 Å². The SMILES string of the molecule is CC1=CC(C)C(=N)C(C)=C1.CC1=CC(C)C(=N)C(C)=C1.[CH2-]C(C)C.[Cl-].[Cl-].[Co+3].c1ccncc1. The maximum Gasteiger partial charge on any atom is 3.00 e. The molecule has 2 unspecified atom stereocenters. The Bertz CT molecular complexity index is 730. The van der Waals surface area contributed by atoms with E-state index in [0.717, 1.165) is 22.6 Å². The summed E-state index contributed by atoms with van der Waals surface area (Å²) in [6.07, 6.45) is 11.9. The van der Waals surface area contributed by atoms with E-state index in [0.29, 0.717) is 17.8 Å². The number of halogens is 2. The minimum absolute atomic E-state index is 0. The van der Waals surface area contributed by atoms with Crippen LogP contribution in [0.3, 0.4) is 0 Å². The molecule has 2 atom stereocenters. The first-order valence-corrected chi connectivity index (χ1v) is 10.5. The summed E-state index contributed by atoms with van der Waals surface area (Å²) in [5, 5.41) is 15.2. The van der Waals surface area contributed by atoms with Crippen LogP contribution >= 0.6 is 0 Å². The van der Waals surface area contributed by atoms with Crippen LogP contribution < -0.4 is 24.8 Å². The van der Waals surface area contributed by atoms with Gasteiger partial charge >= 0.3 is 16.8 Å². The summed E-state index contributed by atoms with van der Waals surface area (Å²) < 4.78 is 0. The maximum absolute atomic E-state index is 7.58. The molecule has 186 valence electrons. The van der Waals surface area contributed by atoms with Crippen LogP contribution in [0.4, 0.5) is 0 Å². The summed E-state index contributed by atoms with van der Waals surface area (Å²) in [7, 11) is 0. The summed E-state index contributed by atoms with van der Waals surface area (Å²) in [6, 6.07) is 5.72. The van der Waals surface area contributed by atoms with Crippen molar-refractivity contribution in [3.05, 3.63) is 84.1 Å². The van der Waals surface area contributed by atoms with E-state index in [1.54, 1.807) is 12.4 Å². The zero-order chi connectivity index (χ0) is 23.3. The fourth-order valence-electron chi connectivity index (χ4n) is 2.92. The zero-order valence-electron chi connectivity index (χ0n) is 21.2. The number of hydrogen-bond donors (Lipinski definition) is 2. The molecule has 0 amide bonds. The largest absolute Gasteiger partial charge is 3.00 e. The van der Waals surface area contributed by atoms with Gasteiger partial charge in [-0.25, -0.2) is 0 Å². The van der Waals surface area contributed by atoms with Gasteiger partial charge < -0.3 is 42.6 Å². The van der Waals surface area contributed by atoms with E-state index < -0.39 is 0 Å². The molecule has 2 aliphatic carbocycles. The van der Waals surface area contributed by atoms with Crippen LogP contribution in [0.25, 0.3) is 0 Å². The van der Waals surface area contributed by atoms with Crippen LogP contribution in [0.5, 0.6) is 0 Å². The predicted molar refractivity (Wildman–Crippen MR) is 133 cm³/mol. The summed E-state index contributed by atoms with van der Waals surface area (Å²) in [5.41, 5.74) is 6.28. The molecule has 0 radical (unpaired) electrons. The smallest absolute Gasteiger partial charge is 1.00 e. The van der Waals surface area contributed by atoms with Crippen molar-refractivity contribution in [1.29, 1.82) is 10.8 Å². The molecular formula is C27H40Cl2CoN3. The molecular weight excluding hydrogens is 496 g/mol. The Morgan fingerprint density at radius 3 is 1.24 bits per heavy atom. The van der Waals surface area contributed by atoms with Crippen LogP contribution in [0.1, 0.15) is 55.4 Å². The fraction of sp³-hybridized carbons (Fsp3) is 0.407. The van der Waals surface area contributed by atoms with E-state index in [4.69, 9.17) is 10.8 Å². The average molecular weight is 536 g/mol. The van der Waals surface area contributed by atoms with Crippen molar-refractivity contribution in [3.63, 3.8) is 0 Å². The molecule has 0 aromatic carbocycles. The number of hydrogen-bond acceptors (Lipinski definition) is 3. The molecule has 6 heteroatoms. The Kier molecular flexibility index (Phi) is 24.8. The monoisotopic (exact) mass is 535 g/mol. The third kappa shape index (κ3) is 18.6. The minimum atomic E-state index is 0. The second kappa shape index (κ2) is 21.1. The van der Waals surface area contributed by atoms with Crippen LogP contribution in [0, 0.1) is 35.5 Å². The average Bonchev–Trinajstić information content (AvgIpc) is 2.66. The minimum Gasteiger partial charge on any atom is -1.00 e. The third-order valence-corrected chi connectivity index (χ3v) is 4.24. The van der Waals surface area contributed by atoms with E-state index in [1.807, 2.05) is 32.0 Å². The van der Waals surface area contributed by atoms with E-state index >= 15 is 0 Å². The molecule has 0 bridgehead atoms. The number of rotatable bonds is 0. The van der Waals surface area contributed by atoms with Crippen molar-refractivity contribution < 1.29 is 41.6 Å².